The normalized spacial score (nSPS) is 11.4. The number of amides is 1. The highest BCUT2D eigenvalue weighted by molar-refractivity contribution is 6.18. The molecule has 0 aliphatic heterocycles. The number of hydrogen-bond donors (Lipinski definition) is 4. The Hall–Kier alpha value is -4.13. The van der Waals surface area contributed by atoms with E-state index in [9.17, 15) is 20.1 Å². The van der Waals surface area contributed by atoms with Crippen molar-refractivity contribution in [3.8, 4) is 17.2 Å². The quantitative estimate of drug-likeness (QED) is 0.176. The minimum Gasteiger partial charge on any atom is -0.507 e. The number of fused-ring (bicyclic) bond motifs is 2. The second-order valence-corrected chi connectivity index (χ2v) is 6.23. The van der Waals surface area contributed by atoms with Crippen molar-refractivity contribution >= 4 is 38.8 Å². The van der Waals surface area contributed by atoms with Crippen LogP contribution in [0.15, 0.2) is 70.9 Å². The van der Waals surface area contributed by atoms with Crippen LogP contribution in [0.25, 0.3) is 21.5 Å². The molecule has 0 aliphatic rings. The minimum atomic E-state index is -0.614. The van der Waals surface area contributed by atoms with Crippen molar-refractivity contribution in [1.29, 1.82) is 0 Å². The number of rotatable bonds is 2. The van der Waals surface area contributed by atoms with Crippen LogP contribution in [0.4, 0.5) is 11.4 Å². The van der Waals surface area contributed by atoms with Crippen LogP contribution < -0.4 is 5.73 Å². The summed E-state index contributed by atoms with van der Waals surface area (Å²) in [6.45, 7) is 0. The van der Waals surface area contributed by atoms with Crippen LogP contribution in [0, 0.1) is 0 Å². The Morgan fingerprint density at radius 2 is 1.50 bits per heavy atom. The van der Waals surface area contributed by atoms with Crippen LogP contribution >= 0.6 is 0 Å². The molecule has 4 aromatic rings. The van der Waals surface area contributed by atoms with E-state index in [2.05, 4.69) is 10.2 Å². The van der Waals surface area contributed by atoms with E-state index >= 15 is 0 Å². The van der Waals surface area contributed by atoms with Crippen LogP contribution in [-0.2, 0) is 0 Å². The average Bonchev–Trinajstić information content (AvgIpc) is 2.70. The van der Waals surface area contributed by atoms with Crippen LogP contribution in [0.2, 0.25) is 0 Å². The van der Waals surface area contributed by atoms with Crippen molar-refractivity contribution in [2.24, 2.45) is 10.2 Å². The number of anilines is 1. The molecule has 0 saturated carbocycles. The molecular formula is C21H15N3O4. The molecule has 138 valence electrons. The van der Waals surface area contributed by atoms with Gasteiger partial charge in [-0.05, 0) is 30.3 Å². The van der Waals surface area contributed by atoms with E-state index in [4.69, 9.17) is 5.73 Å². The molecule has 0 spiro atoms. The topological polar surface area (TPSA) is 128 Å². The molecule has 5 N–H and O–H groups in total. The number of aromatic hydroxyl groups is 3. The number of phenolic OH excluding ortho intramolecular Hbond substituents is 3. The fraction of sp³-hybridized carbons (Fsp3) is 0. The summed E-state index contributed by atoms with van der Waals surface area (Å²) in [5.41, 5.74) is 6.54. The summed E-state index contributed by atoms with van der Waals surface area (Å²) >= 11 is 0. The van der Waals surface area contributed by atoms with E-state index in [-0.39, 0.29) is 39.3 Å². The Morgan fingerprint density at radius 3 is 2.21 bits per heavy atom. The molecule has 0 unspecified atom stereocenters. The van der Waals surface area contributed by atoms with Crippen molar-refractivity contribution in [2.75, 3.05) is 5.73 Å². The number of carbonyl (C=O) groups is 1. The number of benzene rings is 4. The summed E-state index contributed by atoms with van der Waals surface area (Å²) in [4.78, 5) is 12.4. The van der Waals surface area contributed by atoms with Gasteiger partial charge in [0.25, 0.3) is 5.91 Å². The number of nitrogen functional groups attached to an aromatic ring is 1. The molecule has 0 saturated heterocycles. The zero-order valence-electron chi connectivity index (χ0n) is 14.5. The van der Waals surface area contributed by atoms with Crippen LogP contribution in [0.5, 0.6) is 17.2 Å². The zero-order valence-corrected chi connectivity index (χ0v) is 14.5. The van der Waals surface area contributed by atoms with E-state index < -0.39 is 5.91 Å². The number of hydrogen-bond acceptors (Lipinski definition) is 6. The van der Waals surface area contributed by atoms with Crippen molar-refractivity contribution in [2.45, 2.75) is 0 Å². The smallest absolute Gasteiger partial charge is 0.295 e. The summed E-state index contributed by atoms with van der Waals surface area (Å²) in [5, 5.41) is 40.0. The molecule has 4 rings (SSSR count). The maximum atomic E-state index is 12.4. The van der Waals surface area contributed by atoms with Gasteiger partial charge in [-0.3, -0.25) is 4.79 Å². The van der Waals surface area contributed by atoms with Crippen LogP contribution in [0.1, 0.15) is 10.4 Å². The van der Waals surface area contributed by atoms with E-state index in [1.54, 1.807) is 42.5 Å². The number of nitrogens with zero attached hydrogens (tertiary/aromatic N) is 2. The van der Waals surface area contributed by atoms with E-state index in [0.29, 0.717) is 16.5 Å². The third-order valence-electron chi connectivity index (χ3n) is 4.45. The van der Waals surface area contributed by atoms with Crippen LogP contribution in [-0.4, -0.2) is 21.2 Å². The Morgan fingerprint density at radius 1 is 0.821 bits per heavy atom. The Bertz CT molecular complexity index is 1280. The van der Waals surface area contributed by atoms with Gasteiger partial charge >= 0.3 is 0 Å². The molecule has 7 nitrogen and oxygen atoms in total. The predicted molar refractivity (Wildman–Crippen MR) is 106 cm³/mol. The SMILES string of the molecule is Nc1cccc(C(=O)N=Nc2c3ccccc3c(O)c3c(O)ccc(O)c23)c1. The molecule has 0 bridgehead atoms. The minimum absolute atomic E-state index is 0.0315. The van der Waals surface area contributed by atoms with Gasteiger partial charge < -0.3 is 21.1 Å². The van der Waals surface area contributed by atoms with E-state index in [0.717, 1.165) is 0 Å². The summed E-state index contributed by atoms with van der Waals surface area (Å²) in [6.07, 6.45) is 0. The third kappa shape index (κ3) is 2.75. The zero-order chi connectivity index (χ0) is 19.8. The lowest BCUT2D eigenvalue weighted by Gasteiger charge is -2.12. The van der Waals surface area contributed by atoms with Gasteiger partial charge in [-0.2, -0.15) is 0 Å². The van der Waals surface area contributed by atoms with Crippen molar-refractivity contribution in [3.63, 3.8) is 0 Å². The molecule has 28 heavy (non-hydrogen) atoms. The van der Waals surface area contributed by atoms with Gasteiger partial charge in [0.15, 0.2) is 0 Å². The molecule has 0 aromatic heterocycles. The first-order valence-electron chi connectivity index (χ1n) is 8.37. The summed E-state index contributed by atoms with van der Waals surface area (Å²) in [6, 6.07) is 15.6. The Kier molecular flexibility index (Phi) is 4.04. The monoisotopic (exact) mass is 373 g/mol. The first-order valence-corrected chi connectivity index (χ1v) is 8.37. The maximum Gasteiger partial charge on any atom is 0.295 e. The van der Waals surface area contributed by atoms with Crippen LogP contribution in [0.3, 0.4) is 0 Å². The van der Waals surface area contributed by atoms with Crippen molar-refractivity contribution in [1.82, 2.24) is 0 Å². The average molecular weight is 373 g/mol. The second-order valence-electron chi connectivity index (χ2n) is 6.23. The number of phenols is 3. The van der Waals surface area contributed by atoms with Gasteiger partial charge in [-0.1, -0.05) is 30.3 Å². The second kappa shape index (κ2) is 6.55. The van der Waals surface area contributed by atoms with Gasteiger partial charge in [-0.15, -0.1) is 10.2 Å². The van der Waals surface area contributed by atoms with Gasteiger partial charge in [0.05, 0.1) is 10.8 Å². The lowest BCUT2D eigenvalue weighted by molar-refractivity contribution is 0.0995. The first-order chi connectivity index (χ1) is 13.5. The van der Waals surface area contributed by atoms with Gasteiger partial charge in [0.1, 0.15) is 22.9 Å². The number of nitrogens with two attached hydrogens (primary N) is 1. The molecule has 7 heteroatoms. The molecular weight excluding hydrogens is 358 g/mol. The highest BCUT2D eigenvalue weighted by Crippen LogP contribution is 2.48. The van der Waals surface area contributed by atoms with Crippen molar-refractivity contribution in [3.05, 3.63) is 66.2 Å². The van der Waals surface area contributed by atoms with Gasteiger partial charge in [0, 0.05) is 22.0 Å². The summed E-state index contributed by atoms with van der Waals surface area (Å²) in [5.74, 6) is -1.24. The number of azo groups is 1. The summed E-state index contributed by atoms with van der Waals surface area (Å²) in [7, 11) is 0. The Balaban J connectivity index is 1.98. The van der Waals surface area contributed by atoms with Gasteiger partial charge in [0.2, 0.25) is 0 Å². The molecule has 0 radical (unpaired) electrons. The number of carbonyl (C=O) groups excluding carboxylic acids is 1. The molecule has 0 heterocycles. The maximum absolute atomic E-state index is 12.4. The molecule has 1 amide bonds. The molecule has 0 fully saturated rings. The third-order valence-corrected chi connectivity index (χ3v) is 4.45. The van der Waals surface area contributed by atoms with E-state index in [1.165, 1.54) is 18.2 Å². The standard InChI is InChI=1S/C21H15N3O4/c22-12-5-3-4-11(10-12)21(28)24-23-19-13-6-1-2-7-14(13)20(27)18-16(26)9-8-15(25)17(18)19/h1-10,25-27H,22H2. The molecule has 4 aromatic carbocycles. The predicted octanol–water partition coefficient (Wildman–Crippen LogP) is 4.62. The summed E-state index contributed by atoms with van der Waals surface area (Å²) < 4.78 is 0. The highest BCUT2D eigenvalue weighted by atomic mass is 16.3. The fourth-order valence-electron chi connectivity index (χ4n) is 3.15. The molecule has 0 aliphatic carbocycles. The van der Waals surface area contributed by atoms with Crippen molar-refractivity contribution < 1.29 is 20.1 Å². The first kappa shape index (κ1) is 17.3. The lowest BCUT2D eigenvalue weighted by atomic mass is 9.98. The van der Waals surface area contributed by atoms with E-state index in [1.807, 2.05) is 0 Å². The molecule has 0 atom stereocenters. The Labute approximate surface area is 159 Å². The largest absolute Gasteiger partial charge is 0.507 e. The lowest BCUT2D eigenvalue weighted by Crippen LogP contribution is -1.95. The fourth-order valence-corrected chi connectivity index (χ4v) is 3.15. The highest BCUT2D eigenvalue weighted by Gasteiger charge is 2.19. The van der Waals surface area contributed by atoms with Gasteiger partial charge in [-0.25, -0.2) is 0 Å².